The fraction of sp³-hybridized carbons (Fsp3) is 0.410. The standard InChI is InChI=1S/C21H25.C12H11.C6H10.2ClH.Zr/c1-20(2,3)16-9-7-14-11-15-8-10-17(21(4,5)6)13-19(15)18(14)12-16;1-10-7-8-12(9-10)11-5-3-2-4-6-11;1-2-4-6-5-3-1;;;/h7,9-10,12-13H,11H2,1-6H3;2-6,8-10H,1H3;1-5H2;2*1H;/q2*-1;;;;+2/p-2. The fourth-order valence-electron chi connectivity index (χ4n) is 5.36. The molecule has 0 nitrogen and oxygen atoms in total. The number of rotatable bonds is 1. The van der Waals surface area contributed by atoms with Crippen LogP contribution in [0.2, 0.25) is 0 Å². The average Bonchev–Trinajstić information content (AvgIpc) is 3.52. The van der Waals surface area contributed by atoms with Crippen LogP contribution in [0.25, 0.3) is 16.7 Å². The molecular weight excluding hydrogens is 631 g/mol. The molecule has 222 valence electrons. The van der Waals surface area contributed by atoms with Crippen molar-refractivity contribution in [1.82, 2.24) is 0 Å². The van der Waals surface area contributed by atoms with Gasteiger partial charge in [0.1, 0.15) is 0 Å². The van der Waals surface area contributed by atoms with E-state index < -0.39 is 0 Å². The molecule has 0 N–H and O–H groups in total. The normalized spacial score (nSPS) is 16.8. The summed E-state index contributed by atoms with van der Waals surface area (Å²) in [6.07, 6.45) is 15.9. The summed E-state index contributed by atoms with van der Waals surface area (Å²) >= 11 is 1.69. The van der Waals surface area contributed by atoms with Crippen molar-refractivity contribution in [2.24, 2.45) is 5.92 Å². The molecule has 1 saturated carbocycles. The summed E-state index contributed by atoms with van der Waals surface area (Å²) < 4.78 is 1.80. The van der Waals surface area contributed by atoms with Gasteiger partial charge in [-0.25, -0.2) is 6.08 Å². The second kappa shape index (κ2) is 16.0. The summed E-state index contributed by atoms with van der Waals surface area (Å²) in [6.45, 7) is 15.8. The average molecular weight is 677 g/mol. The molecule has 0 saturated heterocycles. The first kappa shape index (κ1) is 36.7. The van der Waals surface area contributed by atoms with Gasteiger partial charge in [0.25, 0.3) is 0 Å². The van der Waals surface area contributed by atoms with Gasteiger partial charge in [-0.15, -0.1) is 11.1 Å². The van der Waals surface area contributed by atoms with Crippen LogP contribution in [-0.2, 0) is 41.5 Å². The number of fused-ring (bicyclic) bond motifs is 3. The molecular formula is C39H46Cl2Zr-2. The molecule has 3 heteroatoms. The van der Waals surface area contributed by atoms with E-state index in [1.54, 1.807) is 27.4 Å². The maximum atomic E-state index is 3.53. The van der Waals surface area contributed by atoms with Gasteiger partial charge in [0.05, 0.1) is 0 Å². The van der Waals surface area contributed by atoms with Crippen LogP contribution in [0.1, 0.15) is 108 Å². The molecule has 6 rings (SSSR count). The van der Waals surface area contributed by atoms with Gasteiger partial charge in [-0.3, -0.25) is 6.08 Å². The Morgan fingerprint density at radius 1 is 0.762 bits per heavy atom. The Morgan fingerprint density at radius 2 is 1.38 bits per heavy atom. The van der Waals surface area contributed by atoms with Crippen LogP contribution < -0.4 is 24.8 Å². The molecule has 0 radical (unpaired) electrons. The minimum absolute atomic E-state index is 0. The molecule has 0 bridgehead atoms. The molecule has 0 aliphatic heterocycles. The summed E-state index contributed by atoms with van der Waals surface area (Å²) in [4.78, 5) is 0. The van der Waals surface area contributed by atoms with Crippen LogP contribution in [0.4, 0.5) is 0 Å². The number of hydrogen-bond donors (Lipinski definition) is 0. The molecule has 42 heavy (non-hydrogen) atoms. The van der Waals surface area contributed by atoms with E-state index >= 15 is 0 Å². The summed E-state index contributed by atoms with van der Waals surface area (Å²) in [5.74, 6) is 0.472. The summed E-state index contributed by atoms with van der Waals surface area (Å²) in [7, 11) is 0. The molecule has 0 spiro atoms. The number of allylic oxidation sites excluding steroid dienone is 4. The van der Waals surface area contributed by atoms with Gasteiger partial charge in [0.2, 0.25) is 0 Å². The Bertz CT molecular complexity index is 1310. The van der Waals surface area contributed by atoms with Crippen molar-refractivity contribution in [2.45, 2.75) is 97.8 Å². The summed E-state index contributed by atoms with van der Waals surface area (Å²) in [5, 5.41) is 0. The molecule has 1 unspecified atom stereocenters. The molecule has 0 heterocycles. The zero-order valence-corrected chi connectivity index (χ0v) is 30.5. The van der Waals surface area contributed by atoms with E-state index in [1.165, 1.54) is 76.6 Å². The fourth-order valence-corrected chi connectivity index (χ4v) is 6.23. The summed E-state index contributed by atoms with van der Waals surface area (Å²) in [5.41, 5.74) is 11.3. The molecule has 0 amide bonds. The van der Waals surface area contributed by atoms with E-state index in [2.05, 4.69) is 127 Å². The van der Waals surface area contributed by atoms with Gasteiger partial charge in [-0.05, 0) is 17.4 Å². The van der Waals surface area contributed by atoms with E-state index in [0.29, 0.717) is 5.92 Å². The van der Waals surface area contributed by atoms with Crippen molar-refractivity contribution in [3.8, 4) is 11.1 Å². The number of hydrogen-bond acceptors (Lipinski definition) is 0. The van der Waals surface area contributed by atoms with Crippen molar-refractivity contribution >= 4 is 8.78 Å². The van der Waals surface area contributed by atoms with Crippen LogP contribution in [0.5, 0.6) is 0 Å². The third kappa shape index (κ3) is 10.0. The van der Waals surface area contributed by atoms with Crippen molar-refractivity contribution < 1.29 is 49.0 Å². The van der Waals surface area contributed by atoms with E-state index in [-0.39, 0.29) is 35.6 Å². The van der Waals surface area contributed by atoms with Crippen molar-refractivity contribution in [2.75, 3.05) is 0 Å². The van der Waals surface area contributed by atoms with E-state index in [1.807, 2.05) is 6.07 Å². The van der Waals surface area contributed by atoms with Crippen molar-refractivity contribution in [1.29, 1.82) is 0 Å². The zero-order chi connectivity index (χ0) is 28.9. The third-order valence-electron chi connectivity index (χ3n) is 8.02. The van der Waals surface area contributed by atoms with E-state index in [0.717, 1.165) is 6.42 Å². The Kier molecular flexibility index (Phi) is 13.9. The second-order valence-electron chi connectivity index (χ2n) is 13.6. The van der Waals surface area contributed by atoms with Gasteiger partial charge in [-0.1, -0.05) is 119 Å². The molecule has 1 fully saturated rings. The Hall–Kier alpha value is -1.53. The SMILES string of the molecule is CC(C)(C)c1c[c-]c2c(c1)-c1cc(C(C)(C)C)ccc1C2.CC1[C-]=CC(c2ccccc2)=C1.[Cl-].[Cl-].[Zr+2]=[C]1CCCCC1. The van der Waals surface area contributed by atoms with E-state index in [9.17, 15) is 0 Å². The first-order chi connectivity index (χ1) is 18.9. The monoisotopic (exact) mass is 674 g/mol. The number of halogens is 2. The van der Waals surface area contributed by atoms with Crippen molar-refractivity contribution in [3.05, 3.63) is 113 Å². The molecule has 3 aliphatic carbocycles. The Balaban J connectivity index is 0.000000248. The predicted molar refractivity (Wildman–Crippen MR) is 170 cm³/mol. The summed E-state index contributed by atoms with van der Waals surface area (Å²) in [6, 6.07) is 25.5. The molecule has 3 aromatic rings. The third-order valence-corrected chi connectivity index (χ3v) is 9.25. The molecule has 3 aromatic carbocycles. The first-order valence-corrected chi connectivity index (χ1v) is 16.3. The van der Waals surface area contributed by atoms with Gasteiger partial charge in [-0.2, -0.15) is 41.0 Å². The van der Waals surface area contributed by atoms with Crippen LogP contribution in [-0.4, -0.2) is 3.21 Å². The van der Waals surface area contributed by atoms with E-state index in [4.69, 9.17) is 0 Å². The van der Waals surface area contributed by atoms with Gasteiger partial charge in [0, 0.05) is 0 Å². The minimum atomic E-state index is 0. The quantitative estimate of drug-likeness (QED) is 0.263. The molecule has 3 aliphatic rings. The first-order valence-electron chi connectivity index (χ1n) is 15.0. The zero-order valence-electron chi connectivity index (χ0n) is 26.5. The second-order valence-corrected chi connectivity index (χ2v) is 15.3. The van der Waals surface area contributed by atoms with Gasteiger partial charge in [0.15, 0.2) is 0 Å². The molecule has 1 atom stereocenters. The Morgan fingerprint density at radius 3 is 1.90 bits per heavy atom. The van der Waals surface area contributed by atoms with Gasteiger partial charge < -0.3 is 24.8 Å². The Labute approximate surface area is 283 Å². The van der Waals surface area contributed by atoms with Gasteiger partial charge >= 0.3 is 59.5 Å². The van der Waals surface area contributed by atoms with Crippen molar-refractivity contribution in [3.63, 3.8) is 0 Å². The maximum absolute atomic E-state index is 3.53. The topological polar surface area (TPSA) is 0 Å². The van der Waals surface area contributed by atoms with Crippen LogP contribution >= 0.6 is 0 Å². The van der Waals surface area contributed by atoms with Crippen LogP contribution in [0.3, 0.4) is 0 Å². The van der Waals surface area contributed by atoms with Crippen LogP contribution in [0, 0.1) is 18.1 Å². The number of benzene rings is 3. The van der Waals surface area contributed by atoms with Crippen LogP contribution in [0.15, 0.2) is 72.8 Å². The predicted octanol–water partition coefficient (Wildman–Crippen LogP) is 4.41. The molecule has 0 aromatic heterocycles.